The molecule has 0 saturated carbocycles. The number of anilines is 2. The molecule has 25 heavy (non-hydrogen) atoms. The largest absolute Gasteiger partial charge is 0.353 e. The Labute approximate surface area is 144 Å². The van der Waals surface area contributed by atoms with Gasteiger partial charge in [-0.2, -0.15) is 0 Å². The third-order valence-electron chi connectivity index (χ3n) is 4.46. The molecule has 0 spiro atoms. The summed E-state index contributed by atoms with van der Waals surface area (Å²) in [5.74, 6) is -1.37. The summed E-state index contributed by atoms with van der Waals surface area (Å²) in [6.07, 6.45) is -0.866. The Bertz CT molecular complexity index is 935. The van der Waals surface area contributed by atoms with E-state index in [1.807, 2.05) is 32.0 Å². The molecule has 2 aromatic carbocycles. The number of rotatable bonds is 3. The van der Waals surface area contributed by atoms with Gasteiger partial charge in [-0.15, -0.1) is 0 Å². The minimum Gasteiger partial charge on any atom is -0.353 e. The molecule has 0 radical (unpaired) electrons. The number of aryl methyl sites for hydroxylation is 2. The highest BCUT2D eigenvalue weighted by atomic mass is 16.5. The molecule has 1 N–H and O–H groups in total. The Morgan fingerprint density at radius 3 is 2.44 bits per heavy atom. The average Bonchev–Trinajstić information content (AvgIpc) is 3.02. The van der Waals surface area contributed by atoms with Gasteiger partial charge in [0.25, 0.3) is 5.78 Å². The molecule has 0 aromatic heterocycles. The molecule has 2 heterocycles. The number of ketones is 2. The van der Waals surface area contributed by atoms with Gasteiger partial charge in [-0.3, -0.25) is 19.3 Å². The first-order valence-electron chi connectivity index (χ1n) is 7.95. The molecule has 0 fully saturated rings. The minimum absolute atomic E-state index is 0.170. The summed E-state index contributed by atoms with van der Waals surface area (Å²) < 4.78 is 5.62. The third-order valence-corrected chi connectivity index (χ3v) is 4.46. The number of hydrogen-bond acceptors (Lipinski definition) is 5. The second-order valence-electron chi connectivity index (χ2n) is 6.32. The van der Waals surface area contributed by atoms with Gasteiger partial charge in [-0.25, -0.2) is 0 Å². The fraction of sp³-hybridized carbons (Fsp3) is 0.211. The van der Waals surface area contributed by atoms with Crippen molar-refractivity contribution in [3.8, 4) is 0 Å². The minimum atomic E-state index is -0.866. The summed E-state index contributed by atoms with van der Waals surface area (Å²) in [4.78, 5) is 38.0. The molecule has 126 valence electrons. The fourth-order valence-corrected chi connectivity index (χ4v) is 3.14. The summed E-state index contributed by atoms with van der Waals surface area (Å²) in [6, 6.07) is 10.8. The second-order valence-corrected chi connectivity index (χ2v) is 6.32. The summed E-state index contributed by atoms with van der Waals surface area (Å²) in [6.45, 7) is 3.60. The number of carbonyl (C=O) groups is 3. The van der Waals surface area contributed by atoms with E-state index in [1.54, 1.807) is 18.2 Å². The maximum Gasteiger partial charge on any atom is 0.301 e. The average molecular weight is 336 g/mol. The summed E-state index contributed by atoms with van der Waals surface area (Å²) in [5, 5.41) is 3.00. The van der Waals surface area contributed by atoms with E-state index in [9.17, 15) is 14.4 Å². The van der Waals surface area contributed by atoms with Crippen LogP contribution in [0.1, 0.15) is 31.8 Å². The van der Waals surface area contributed by atoms with Crippen LogP contribution < -0.4 is 10.2 Å². The fourth-order valence-electron chi connectivity index (χ4n) is 3.14. The van der Waals surface area contributed by atoms with E-state index >= 15 is 0 Å². The highest BCUT2D eigenvalue weighted by Gasteiger charge is 2.38. The molecule has 1 amide bonds. The van der Waals surface area contributed by atoms with Gasteiger partial charge in [0.05, 0.1) is 11.3 Å². The summed E-state index contributed by atoms with van der Waals surface area (Å²) >= 11 is 0. The highest BCUT2D eigenvalue weighted by Crippen LogP contribution is 2.31. The Morgan fingerprint density at radius 1 is 1.00 bits per heavy atom. The number of benzene rings is 2. The summed E-state index contributed by atoms with van der Waals surface area (Å²) in [7, 11) is 0. The van der Waals surface area contributed by atoms with Crippen molar-refractivity contribution in [3.63, 3.8) is 0 Å². The Balaban J connectivity index is 1.53. The number of ether oxygens (including phenoxy) is 1. The van der Waals surface area contributed by atoms with Crippen molar-refractivity contribution in [2.45, 2.75) is 20.1 Å². The van der Waals surface area contributed by atoms with Crippen LogP contribution in [-0.4, -0.2) is 30.4 Å². The van der Waals surface area contributed by atoms with Crippen LogP contribution in [0.2, 0.25) is 0 Å². The first-order chi connectivity index (χ1) is 12.0. The van der Waals surface area contributed by atoms with E-state index in [0.717, 1.165) is 11.1 Å². The van der Waals surface area contributed by atoms with Crippen molar-refractivity contribution in [1.29, 1.82) is 0 Å². The monoisotopic (exact) mass is 336 g/mol. The van der Waals surface area contributed by atoms with E-state index in [4.69, 9.17) is 4.74 Å². The van der Waals surface area contributed by atoms with Gasteiger partial charge >= 0.3 is 5.91 Å². The van der Waals surface area contributed by atoms with Crippen molar-refractivity contribution in [2.75, 3.05) is 16.9 Å². The van der Waals surface area contributed by atoms with Gasteiger partial charge < -0.3 is 10.1 Å². The Morgan fingerprint density at radius 2 is 1.68 bits per heavy atom. The molecule has 4 rings (SSSR count). The maximum atomic E-state index is 12.4. The van der Waals surface area contributed by atoms with Crippen LogP contribution in [0, 0.1) is 13.8 Å². The topological polar surface area (TPSA) is 75.7 Å². The Hall–Kier alpha value is -2.99. The van der Waals surface area contributed by atoms with Gasteiger partial charge in [-0.1, -0.05) is 23.3 Å². The zero-order chi connectivity index (χ0) is 17.7. The lowest BCUT2D eigenvalue weighted by atomic mass is 10.1. The smallest absolute Gasteiger partial charge is 0.301 e. The number of fused-ring (bicyclic) bond motifs is 2. The van der Waals surface area contributed by atoms with E-state index in [2.05, 4.69) is 5.32 Å². The zero-order valence-corrected chi connectivity index (χ0v) is 13.8. The standard InChI is InChI=1S/C19H16N2O4/c1-10-3-5-14-12(7-10)16(22)18(20-14)25-9-21-15-6-4-11(2)8-13(15)17(23)19(21)24/h3-8,18,20H,9H2,1-2H3. The molecular weight excluding hydrogens is 320 g/mol. The van der Waals surface area contributed by atoms with Crippen LogP contribution in [0.4, 0.5) is 11.4 Å². The summed E-state index contributed by atoms with van der Waals surface area (Å²) in [5.41, 5.74) is 4.06. The quantitative estimate of drug-likeness (QED) is 0.871. The molecule has 1 unspecified atom stereocenters. The molecule has 0 saturated heterocycles. The molecule has 1 atom stereocenters. The SMILES string of the molecule is Cc1ccc2c(c1)C(=O)C(OCN1C(=O)C(=O)c3cc(C)ccc31)N2. The van der Waals surface area contributed by atoms with E-state index in [0.29, 0.717) is 22.5 Å². The van der Waals surface area contributed by atoms with E-state index in [1.165, 1.54) is 4.90 Å². The molecule has 2 aliphatic heterocycles. The predicted molar refractivity (Wildman–Crippen MR) is 91.9 cm³/mol. The van der Waals surface area contributed by atoms with Crippen molar-refractivity contribution in [2.24, 2.45) is 0 Å². The number of carbonyl (C=O) groups excluding carboxylic acids is 3. The molecule has 6 nitrogen and oxygen atoms in total. The van der Waals surface area contributed by atoms with Crippen molar-refractivity contribution >= 4 is 28.8 Å². The maximum absolute atomic E-state index is 12.4. The van der Waals surface area contributed by atoms with Gasteiger partial charge in [0.1, 0.15) is 6.73 Å². The molecular formula is C19H16N2O4. The third kappa shape index (κ3) is 2.42. The molecule has 2 aromatic rings. The number of nitrogens with one attached hydrogen (secondary N) is 1. The highest BCUT2D eigenvalue weighted by molar-refractivity contribution is 6.52. The number of amides is 1. The van der Waals surface area contributed by atoms with Crippen LogP contribution in [0.3, 0.4) is 0 Å². The molecule has 2 aliphatic rings. The van der Waals surface area contributed by atoms with Crippen molar-refractivity contribution < 1.29 is 19.1 Å². The van der Waals surface area contributed by atoms with Gasteiger partial charge in [0.2, 0.25) is 5.78 Å². The lowest BCUT2D eigenvalue weighted by molar-refractivity contribution is -0.115. The first-order valence-corrected chi connectivity index (χ1v) is 7.95. The van der Waals surface area contributed by atoms with Gasteiger partial charge in [0.15, 0.2) is 6.23 Å². The van der Waals surface area contributed by atoms with Crippen LogP contribution in [0.5, 0.6) is 0 Å². The normalized spacial score (nSPS) is 18.4. The van der Waals surface area contributed by atoms with Crippen LogP contribution in [-0.2, 0) is 9.53 Å². The van der Waals surface area contributed by atoms with Crippen LogP contribution in [0.15, 0.2) is 36.4 Å². The van der Waals surface area contributed by atoms with Gasteiger partial charge in [-0.05, 0) is 38.1 Å². The molecule has 0 bridgehead atoms. The second kappa shape index (κ2) is 5.53. The lowest BCUT2D eigenvalue weighted by Crippen LogP contribution is -2.37. The van der Waals surface area contributed by atoms with Crippen LogP contribution >= 0.6 is 0 Å². The van der Waals surface area contributed by atoms with E-state index in [-0.39, 0.29) is 12.5 Å². The predicted octanol–water partition coefficient (Wildman–Crippen LogP) is 2.44. The van der Waals surface area contributed by atoms with Gasteiger partial charge in [0, 0.05) is 11.3 Å². The van der Waals surface area contributed by atoms with Crippen molar-refractivity contribution in [1.82, 2.24) is 0 Å². The molecule has 0 aliphatic carbocycles. The number of Topliss-reactive ketones (excluding diaryl/α,β-unsaturated/α-hetero) is 2. The Kier molecular flexibility index (Phi) is 3.43. The molecule has 6 heteroatoms. The van der Waals surface area contributed by atoms with Crippen molar-refractivity contribution in [3.05, 3.63) is 58.7 Å². The first kappa shape index (κ1) is 15.5. The number of nitrogens with zero attached hydrogens (tertiary/aromatic N) is 1. The van der Waals surface area contributed by atoms with E-state index < -0.39 is 17.9 Å². The lowest BCUT2D eigenvalue weighted by Gasteiger charge is -2.19. The van der Waals surface area contributed by atoms with Crippen LogP contribution in [0.25, 0.3) is 0 Å². The zero-order valence-electron chi connectivity index (χ0n) is 13.8. The number of hydrogen-bond donors (Lipinski definition) is 1.